The van der Waals surface area contributed by atoms with Crippen LogP contribution in [-0.4, -0.2) is 26.0 Å². The number of anilines is 1. The van der Waals surface area contributed by atoms with E-state index in [-0.39, 0.29) is 11.8 Å². The number of hydrogen-bond donors (Lipinski definition) is 1. The van der Waals surface area contributed by atoms with Crippen LogP contribution in [0.15, 0.2) is 30.3 Å². The highest BCUT2D eigenvalue weighted by atomic mass is 16.2. The van der Waals surface area contributed by atoms with Crippen molar-refractivity contribution in [3.63, 3.8) is 0 Å². The molecule has 1 aromatic rings. The molecule has 0 atom stereocenters. The molecule has 1 N–H and O–H groups in total. The summed E-state index contributed by atoms with van der Waals surface area (Å²) in [4.78, 5) is 13.5. The molecule has 1 aliphatic heterocycles. The monoisotopic (exact) mass is 190 g/mol. The molecule has 1 saturated heterocycles. The zero-order valence-corrected chi connectivity index (χ0v) is 8.23. The Morgan fingerprint density at radius 1 is 1.36 bits per heavy atom. The molecule has 0 bridgehead atoms. The number of para-hydroxylation sites is 1. The molecule has 1 amide bonds. The summed E-state index contributed by atoms with van der Waals surface area (Å²) in [7, 11) is 1.83. The summed E-state index contributed by atoms with van der Waals surface area (Å²) in [6, 6.07) is 9.73. The van der Waals surface area contributed by atoms with Gasteiger partial charge in [0, 0.05) is 25.8 Å². The number of amides is 1. The van der Waals surface area contributed by atoms with Gasteiger partial charge in [0.05, 0.1) is 5.92 Å². The molecule has 0 saturated carbocycles. The van der Waals surface area contributed by atoms with Crippen molar-refractivity contribution >= 4 is 11.6 Å². The minimum atomic E-state index is 0.167. The number of carbonyl (C=O) groups is 1. The molecule has 2 rings (SSSR count). The lowest BCUT2D eigenvalue weighted by atomic mass is 10.0. The fourth-order valence-corrected chi connectivity index (χ4v) is 1.52. The fourth-order valence-electron chi connectivity index (χ4n) is 1.52. The van der Waals surface area contributed by atoms with Crippen molar-refractivity contribution in [1.82, 2.24) is 5.32 Å². The zero-order chi connectivity index (χ0) is 9.97. The van der Waals surface area contributed by atoms with E-state index in [1.165, 1.54) is 0 Å². The van der Waals surface area contributed by atoms with Gasteiger partial charge in [0.1, 0.15) is 0 Å². The van der Waals surface area contributed by atoms with Crippen LogP contribution in [0.4, 0.5) is 5.69 Å². The van der Waals surface area contributed by atoms with E-state index in [1.54, 1.807) is 4.90 Å². The van der Waals surface area contributed by atoms with Gasteiger partial charge >= 0.3 is 0 Å². The second-order valence-electron chi connectivity index (χ2n) is 3.59. The van der Waals surface area contributed by atoms with Crippen molar-refractivity contribution in [2.75, 3.05) is 25.0 Å². The third-order valence-electron chi connectivity index (χ3n) is 2.60. The number of nitrogens with zero attached hydrogens (tertiary/aromatic N) is 1. The molecular formula is C11H14N2O. The second-order valence-corrected chi connectivity index (χ2v) is 3.59. The fraction of sp³-hybridized carbons (Fsp3) is 0.364. The first-order chi connectivity index (χ1) is 6.79. The first-order valence-corrected chi connectivity index (χ1v) is 4.82. The predicted octanol–water partition coefficient (Wildman–Crippen LogP) is 0.869. The van der Waals surface area contributed by atoms with Crippen LogP contribution in [0.5, 0.6) is 0 Å². The third kappa shape index (κ3) is 1.63. The summed E-state index contributed by atoms with van der Waals surface area (Å²) >= 11 is 0. The highest BCUT2D eigenvalue weighted by molar-refractivity contribution is 5.95. The van der Waals surface area contributed by atoms with E-state index >= 15 is 0 Å². The van der Waals surface area contributed by atoms with Crippen molar-refractivity contribution in [3.8, 4) is 0 Å². The number of rotatable bonds is 2. The van der Waals surface area contributed by atoms with Crippen LogP contribution in [-0.2, 0) is 4.79 Å². The SMILES string of the molecule is CN(C(=O)C1CNC1)c1ccccc1. The first-order valence-electron chi connectivity index (χ1n) is 4.82. The zero-order valence-electron chi connectivity index (χ0n) is 8.23. The molecule has 0 spiro atoms. The first kappa shape index (κ1) is 9.21. The Labute approximate surface area is 83.7 Å². The van der Waals surface area contributed by atoms with Gasteiger partial charge in [-0.25, -0.2) is 0 Å². The highest BCUT2D eigenvalue weighted by Crippen LogP contribution is 2.15. The molecule has 1 heterocycles. The van der Waals surface area contributed by atoms with Crippen LogP contribution >= 0.6 is 0 Å². The largest absolute Gasteiger partial charge is 0.315 e. The van der Waals surface area contributed by atoms with Crippen LogP contribution in [0.1, 0.15) is 0 Å². The molecule has 0 radical (unpaired) electrons. The Morgan fingerprint density at radius 3 is 2.50 bits per heavy atom. The molecule has 1 aliphatic rings. The Balaban J connectivity index is 2.07. The smallest absolute Gasteiger partial charge is 0.232 e. The van der Waals surface area contributed by atoms with E-state index in [9.17, 15) is 4.79 Å². The molecule has 14 heavy (non-hydrogen) atoms. The van der Waals surface area contributed by atoms with Gasteiger partial charge < -0.3 is 10.2 Å². The van der Waals surface area contributed by atoms with Crippen molar-refractivity contribution in [3.05, 3.63) is 30.3 Å². The Bertz CT molecular complexity index is 319. The highest BCUT2D eigenvalue weighted by Gasteiger charge is 2.27. The maximum absolute atomic E-state index is 11.8. The number of benzene rings is 1. The second kappa shape index (κ2) is 3.80. The topological polar surface area (TPSA) is 32.3 Å². The molecule has 3 nitrogen and oxygen atoms in total. The van der Waals surface area contributed by atoms with Crippen molar-refractivity contribution in [2.24, 2.45) is 5.92 Å². The summed E-state index contributed by atoms with van der Waals surface area (Å²) in [5.74, 6) is 0.371. The van der Waals surface area contributed by atoms with Gasteiger partial charge in [-0.3, -0.25) is 4.79 Å². The number of nitrogens with one attached hydrogen (secondary N) is 1. The average molecular weight is 190 g/mol. The third-order valence-corrected chi connectivity index (χ3v) is 2.60. The molecule has 1 fully saturated rings. The van der Waals surface area contributed by atoms with E-state index < -0.39 is 0 Å². The summed E-state index contributed by atoms with van der Waals surface area (Å²) in [6.07, 6.45) is 0. The number of carbonyl (C=O) groups excluding carboxylic acids is 1. The van der Waals surface area contributed by atoms with Gasteiger partial charge in [-0.1, -0.05) is 18.2 Å². The summed E-state index contributed by atoms with van der Waals surface area (Å²) in [5.41, 5.74) is 0.962. The summed E-state index contributed by atoms with van der Waals surface area (Å²) in [5, 5.41) is 3.10. The van der Waals surface area contributed by atoms with E-state index in [0.29, 0.717) is 0 Å². The lowest BCUT2D eigenvalue weighted by Crippen LogP contribution is -2.51. The maximum atomic E-state index is 11.8. The van der Waals surface area contributed by atoms with Crippen LogP contribution in [0.3, 0.4) is 0 Å². The van der Waals surface area contributed by atoms with Gasteiger partial charge in [-0.2, -0.15) is 0 Å². The lowest BCUT2D eigenvalue weighted by Gasteiger charge is -2.30. The van der Waals surface area contributed by atoms with E-state index in [1.807, 2.05) is 37.4 Å². The number of hydrogen-bond acceptors (Lipinski definition) is 2. The van der Waals surface area contributed by atoms with E-state index in [2.05, 4.69) is 5.32 Å². The Hall–Kier alpha value is -1.35. The normalized spacial score (nSPS) is 16.1. The molecule has 0 aromatic heterocycles. The van der Waals surface area contributed by atoms with Gasteiger partial charge in [-0.15, -0.1) is 0 Å². The van der Waals surface area contributed by atoms with Crippen LogP contribution in [0.25, 0.3) is 0 Å². The van der Waals surface area contributed by atoms with Crippen molar-refractivity contribution in [1.29, 1.82) is 0 Å². The Morgan fingerprint density at radius 2 is 2.00 bits per heavy atom. The van der Waals surface area contributed by atoms with E-state index in [0.717, 1.165) is 18.8 Å². The minimum absolute atomic E-state index is 0.167. The van der Waals surface area contributed by atoms with Gasteiger partial charge in [0.15, 0.2) is 0 Å². The van der Waals surface area contributed by atoms with Gasteiger partial charge in [0.25, 0.3) is 0 Å². The molecule has 0 unspecified atom stereocenters. The predicted molar refractivity (Wildman–Crippen MR) is 56.2 cm³/mol. The molecule has 3 heteroatoms. The minimum Gasteiger partial charge on any atom is -0.315 e. The van der Waals surface area contributed by atoms with E-state index in [4.69, 9.17) is 0 Å². The van der Waals surface area contributed by atoms with Crippen LogP contribution in [0, 0.1) is 5.92 Å². The molecule has 1 aromatic carbocycles. The quantitative estimate of drug-likeness (QED) is 0.750. The lowest BCUT2D eigenvalue weighted by molar-refractivity contribution is -0.123. The molecular weight excluding hydrogens is 176 g/mol. The Kier molecular flexibility index (Phi) is 2.50. The van der Waals surface area contributed by atoms with Crippen molar-refractivity contribution in [2.45, 2.75) is 0 Å². The molecule has 0 aliphatic carbocycles. The summed E-state index contributed by atoms with van der Waals surface area (Å²) < 4.78 is 0. The van der Waals surface area contributed by atoms with Gasteiger partial charge in [-0.05, 0) is 12.1 Å². The summed E-state index contributed by atoms with van der Waals surface area (Å²) in [6.45, 7) is 1.63. The average Bonchev–Trinajstić information content (AvgIpc) is 2.15. The van der Waals surface area contributed by atoms with Gasteiger partial charge in [0.2, 0.25) is 5.91 Å². The van der Waals surface area contributed by atoms with Crippen LogP contribution < -0.4 is 10.2 Å². The van der Waals surface area contributed by atoms with Crippen LogP contribution in [0.2, 0.25) is 0 Å². The van der Waals surface area contributed by atoms with Crippen molar-refractivity contribution < 1.29 is 4.79 Å². The standard InChI is InChI=1S/C11H14N2O/c1-13(10-5-3-2-4-6-10)11(14)9-7-12-8-9/h2-6,9,12H,7-8H2,1H3. The molecule has 74 valence electrons. The maximum Gasteiger partial charge on any atom is 0.232 e.